The van der Waals surface area contributed by atoms with Crippen LogP contribution in [-0.2, 0) is 9.53 Å². The van der Waals surface area contributed by atoms with Crippen LogP contribution in [0.25, 0.3) is 0 Å². The van der Waals surface area contributed by atoms with Crippen molar-refractivity contribution in [1.29, 1.82) is 0 Å². The summed E-state index contributed by atoms with van der Waals surface area (Å²) < 4.78 is 10.7. The Bertz CT molecular complexity index is 587. The van der Waals surface area contributed by atoms with E-state index < -0.39 is 5.97 Å². The molecule has 0 unspecified atom stereocenters. The number of hydrogen-bond donors (Lipinski definition) is 1. The summed E-state index contributed by atoms with van der Waals surface area (Å²) in [6.07, 6.45) is 0. The van der Waals surface area contributed by atoms with Crippen LogP contribution >= 0.6 is 0 Å². The number of esters is 1. The third kappa shape index (κ3) is 4.47. The van der Waals surface area contributed by atoms with Gasteiger partial charge in [0.25, 0.3) is 5.91 Å². The third-order valence-corrected chi connectivity index (χ3v) is 4.71. The summed E-state index contributed by atoms with van der Waals surface area (Å²) in [7, 11) is 2.85. The van der Waals surface area contributed by atoms with Crippen molar-refractivity contribution in [3.8, 4) is 5.75 Å². The van der Waals surface area contributed by atoms with Crippen LogP contribution < -0.4 is 10.1 Å². The zero-order valence-corrected chi connectivity index (χ0v) is 15.6. The molecule has 0 radical (unpaired) electrons. The van der Waals surface area contributed by atoms with Crippen LogP contribution in [0, 0.1) is 6.92 Å². The standard InChI is InChI=1S/C18H28N2O4/c1-7-20(8-2,9-3)12-16(21)19-17-13(4)10-14(23-5)11-15(17)18(22)24-6/h10-11H,7-9,12H2,1-6H3/p+1. The number of nitrogens with zero attached hydrogens (tertiary/aromatic N) is 1. The first-order valence-corrected chi connectivity index (χ1v) is 8.28. The Hall–Kier alpha value is -2.08. The fourth-order valence-corrected chi connectivity index (χ4v) is 2.80. The second kappa shape index (κ2) is 8.68. The maximum Gasteiger partial charge on any atom is 0.340 e. The first-order chi connectivity index (χ1) is 11.4. The molecule has 1 amide bonds. The highest BCUT2D eigenvalue weighted by molar-refractivity contribution is 6.02. The summed E-state index contributed by atoms with van der Waals surface area (Å²) in [5.41, 5.74) is 1.53. The van der Waals surface area contributed by atoms with E-state index in [1.165, 1.54) is 14.2 Å². The number of aryl methyl sites for hydroxylation is 1. The Labute approximate surface area is 144 Å². The molecule has 1 aromatic rings. The minimum Gasteiger partial charge on any atom is -0.497 e. The lowest BCUT2D eigenvalue weighted by atomic mass is 10.1. The topological polar surface area (TPSA) is 64.6 Å². The van der Waals surface area contributed by atoms with E-state index in [-0.39, 0.29) is 5.91 Å². The van der Waals surface area contributed by atoms with Gasteiger partial charge in [-0.25, -0.2) is 4.79 Å². The number of hydrogen-bond acceptors (Lipinski definition) is 4. The summed E-state index contributed by atoms with van der Waals surface area (Å²) in [5, 5.41) is 2.89. The number of rotatable bonds is 8. The largest absolute Gasteiger partial charge is 0.497 e. The van der Waals surface area contributed by atoms with E-state index >= 15 is 0 Å². The number of quaternary nitrogens is 1. The molecule has 0 aliphatic rings. The molecule has 0 spiro atoms. The van der Waals surface area contributed by atoms with Gasteiger partial charge in [-0.05, 0) is 45.4 Å². The van der Waals surface area contributed by atoms with Crippen molar-refractivity contribution in [3.05, 3.63) is 23.3 Å². The van der Waals surface area contributed by atoms with Crippen molar-refractivity contribution in [3.63, 3.8) is 0 Å². The lowest BCUT2D eigenvalue weighted by molar-refractivity contribution is -0.915. The number of ether oxygens (including phenoxy) is 2. The normalized spacial score (nSPS) is 11.1. The molecular weight excluding hydrogens is 308 g/mol. The molecule has 0 aliphatic heterocycles. The Balaban J connectivity index is 3.13. The second-order valence-electron chi connectivity index (χ2n) is 5.86. The highest BCUT2D eigenvalue weighted by Crippen LogP contribution is 2.27. The fraction of sp³-hybridized carbons (Fsp3) is 0.556. The first kappa shape index (κ1) is 20.0. The van der Waals surface area contributed by atoms with Crippen molar-refractivity contribution in [2.45, 2.75) is 27.7 Å². The SMILES string of the molecule is CC[N+](CC)(CC)CC(=O)Nc1c(C)cc(OC)cc1C(=O)OC. The molecular formula is C18H29N2O4+. The minimum atomic E-state index is -0.505. The van der Waals surface area contributed by atoms with Gasteiger partial charge in [-0.3, -0.25) is 4.79 Å². The van der Waals surface area contributed by atoms with Crippen LogP contribution in [0.2, 0.25) is 0 Å². The molecule has 134 valence electrons. The van der Waals surface area contributed by atoms with Crippen LogP contribution in [0.15, 0.2) is 12.1 Å². The van der Waals surface area contributed by atoms with Crippen LogP contribution in [-0.4, -0.2) is 56.8 Å². The maximum atomic E-state index is 12.6. The van der Waals surface area contributed by atoms with E-state index in [0.717, 1.165) is 25.2 Å². The molecule has 6 nitrogen and oxygen atoms in total. The molecule has 6 heteroatoms. The number of amides is 1. The van der Waals surface area contributed by atoms with Gasteiger partial charge in [0, 0.05) is 0 Å². The quantitative estimate of drug-likeness (QED) is 0.585. The average Bonchev–Trinajstić information content (AvgIpc) is 2.60. The van der Waals surface area contributed by atoms with Crippen LogP contribution in [0.4, 0.5) is 5.69 Å². The van der Waals surface area contributed by atoms with Crippen LogP contribution in [0.1, 0.15) is 36.7 Å². The van der Waals surface area contributed by atoms with Gasteiger partial charge in [0.15, 0.2) is 6.54 Å². The van der Waals surface area contributed by atoms with Crippen LogP contribution in [0.3, 0.4) is 0 Å². The molecule has 0 saturated carbocycles. The van der Waals surface area contributed by atoms with Crippen molar-refractivity contribution >= 4 is 17.6 Å². The summed E-state index contributed by atoms with van der Waals surface area (Å²) in [6, 6.07) is 3.36. The number of benzene rings is 1. The number of nitrogens with one attached hydrogen (secondary N) is 1. The summed E-state index contributed by atoms with van der Waals surface area (Å²) in [4.78, 5) is 24.6. The van der Waals surface area contributed by atoms with Crippen molar-refractivity contribution in [2.24, 2.45) is 0 Å². The van der Waals surface area contributed by atoms with Gasteiger partial charge in [-0.15, -0.1) is 0 Å². The molecule has 0 atom stereocenters. The number of carbonyl (C=O) groups is 2. The Morgan fingerprint density at radius 1 is 1.08 bits per heavy atom. The van der Waals surface area contributed by atoms with E-state index in [2.05, 4.69) is 26.1 Å². The molecule has 1 rings (SSSR count). The first-order valence-electron chi connectivity index (χ1n) is 8.28. The number of methoxy groups -OCH3 is 2. The van der Waals surface area contributed by atoms with E-state index in [1.807, 2.05) is 6.92 Å². The molecule has 0 bridgehead atoms. The number of carbonyl (C=O) groups excluding carboxylic acids is 2. The molecule has 0 aliphatic carbocycles. The van der Waals surface area contributed by atoms with Crippen molar-refractivity contribution in [2.75, 3.05) is 45.7 Å². The van der Waals surface area contributed by atoms with E-state index in [0.29, 0.717) is 28.0 Å². The lowest BCUT2D eigenvalue weighted by Gasteiger charge is -2.35. The van der Waals surface area contributed by atoms with E-state index in [9.17, 15) is 9.59 Å². The van der Waals surface area contributed by atoms with Crippen molar-refractivity contribution in [1.82, 2.24) is 0 Å². The Morgan fingerprint density at radius 3 is 2.12 bits per heavy atom. The summed E-state index contributed by atoms with van der Waals surface area (Å²) in [6.45, 7) is 11.1. The van der Waals surface area contributed by atoms with Crippen molar-refractivity contribution < 1.29 is 23.5 Å². The third-order valence-electron chi connectivity index (χ3n) is 4.71. The van der Waals surface area contributed by atoms with Crippen LogP contribution in [0.5, 0.6) is 5.75 Å². The van der Waals surface area contributed by atoms with Gasteiger partial charge in [0.1, 0.15) is 5.75 Å². The zero-order chi connectivity index (χ0) is 18.3. The van der Waals surface area contributed by atoms with E-state index in [1.54, 1.807) is 12.1 Å². The predicted octanol–water partition coefficient (Wildman–Crippen LogP) is 2.61. The summed E-state index contributed by atoms with van der Waals surface area (Å²) >= 11 is 0. The fourth-order valence-electron chi connectivity index (χ4n) is 2.80. The second-order valence-corrected chi connectivity index (χ2v) is 5.86. The zero-order valence-electron chi connectivity index (χ0n) is 15.6. The molecule has 24 heavy (non-hydrogen) atoms. The molecule has 1 aromatic carbocycles. The van der Waals surface area contributed by atoms with Gasteiger partial charge in [0.05, 0.1) is 45.1 Å². The number of anilines is 1. The van der Waals surface area contributed by atoms with E-state index in [4.69, 9.17) is 9.47 Å². The highest BCUT2D eigenvalue weighted by Gasteiger charge is 2.26. The van der Waals surface area contributed by atoms with Gasteiger partial charge >= 0.3 is 5.97 Å². The molecule has 0 fully saturated rings. The minimum absolute atomic E-state index is 0.112. The molecule has 0 heterocycles. The van der Waals surface area contributed by atoms with Gasteiger partial charge in [-0.2, -0.15) is 0 Å². The molecule has 0 saturated heterocycles. The predicted molar refractivity (Wildman–Crippen MR) is 94.5 cm³/mol. The maximum absolute atomic E-state index is 12.6. The lowest BCUT2D eigenvalue weighted by Crippen LogP contribution is -2.52. The highest BCUT2D eigenvalue weighted by atomic mass is 16.5. The Morgan fingerprint density at radius 2 is 1.67 bits per heavy atom. The van der Waals surface area contributed by atoms with Gasteiger partial charge in [0.2, 0.25) is 0 Å². The Kier molecular flexibility index (Phi) is 7.22. The molecule has 0 aromatic heterocycles. The van der Waals surface area contributed by atoms with Gasteiger partial charge in [-0.1, -0.05) is 0 Å². The average molecular weight is 337 g/mol. The number of likely N-dealkylation sites (N-methyl/N-ethyl adjacent to an activating group) is 1. The molecule has 1 N–H and O–H groups in total. The summed E-state index contributed by atoms with van der Waals surface area (Å²) in [5.74, 6) is -0.0693. The monoisotopic (exact) mass is 337 g/mol. The van der Waals surface area contributed by atoms with Gasteiger partial charge < -0.3 is 19.3 Å². The smallest absolute Gasteiger partial charge is 0.340 e.